The number of fused-ring (bicyclic) bond motifs is 1. The normalized spacial score (nSPS) is 14.0. The molecule has 1 aliphatic rings. The molecule has 0 aromatic heterocycles. The van der Waals surface area contributed by atoms with Crippen LogP contribution in [0.25, 0.3) is 0 Å². The predicted octanol–water partition coefficient (Wildman–Crippen LogP) is 3.90. The highest BCUT2D eigenvalue weighted by Gasteiger charge is 2.13. The van der Waals surface area contributed by atoms with Gasteiger partial charge in [-0.2, -0.15) is 0 Å². The fraction of sp³-hybridized carbons (Fsp3) is 0.350. The van der Waals surface area contributed by atoms with Crippen LogP contribution in [-0.4, -0.2) is 25.2 Å². The molecule has 3 rings (SSSR count). The van der Waals surface area contributed by atoms with Crippen molar-refractivity contribution in [3.8, 4) is 11.5 Å². The minimum atomic E-state index is 0.0690. The van der Waals surface area contributed by atoms with Crippen molar-refractivity contribution in [3.05, 3.63) is 58.1 Å². The molecule has 1 aliphatic heterocycles. The topological polar surface area (TPSA) is 47.6 Å². The molecule has 1 unspecified atom stereocenters. The number of carbonyl (C=O) groups excluding carboxylic acids is 1. The Bertz CT molecular complexity index is 730. The maximum Gasteiger partial charge on any atom is 0.220 e. The molecule has 0 saturated heterocycles. The summed E-state index contributed by atoms with van der Waals surface area (Å²) in [5.74, 6) is 1.62. The molecular formula is C20H22BrNO3. The minimum Gasteiger partial charge on any atom is -0.486 e. The van der Waals surface area contributed by atoms with E-state index in [4.69, 9.17) is 9.47 Å². The molecule has 0 bridgehead atoms. The average Bonchev–Trinajstić information content (AvgIpc) is 2.61. The highest BCUT2D eigenvalue weighted by atomic mass is 79.9. The van der Waals surface area contributed by atoms with Crippen molar-refractivity contribution < 1.29 is 14.3 Å². The number of ether oxygens (including phenoxy) is 2. The monoisotopic (exact) mass is 403 g/mol. The van der Waals surface area contributed by atoms with E-state index in [0.717, 1.165) is 28.0 Å². The molecule has 0 radical (unpaired) electrons. The molecule has 2 aromatic rings. The van der Waals surface area contributed by atoms with Crippen LogP contribution in [0.3, 0.4) is 0 Å². The van der Waals surface area contributed by atoms with E-state index in [1.165, 1.54) is 5.56 Å². The first-order chi connectivity index (χ1) is 12.1. The molecule has 5 heteroatoms. The van der Waals surface area contributed by atoms with Gasteiger partial charge in [-0.05, 0) is 55.2 Å². The molecule has 1 amide bonds. The molecule has 1 atom stereocenters. The van der Waals surface area contributed by atoms with Crippen LogP contribution in [0.15, 0.2) is 46.9 Å². The van der Waals surface area contributed by atoms with Crippen LogP contribution in [0.4, 0.5) is 0 Å². The van der Waals surface area contributed by atoms with Gasteiger partial charge in [0.2, 0.25) is 5.91 Å². The number of hydrogen-bond donors (Lipinski definition) is 1. The van der Waals surface area contributed by atoms with E-state index < -0.39 is 0 Å². The third-order valence-corrected chi connectivity index (χ3v) is 4.64. The lowest BCUT2D eigenvalue weighted by Gasteiger charge is -2.19. The Morgan fingerprint density at radius 2 is 1.76 bits per heavy atom. The number of carbonyl (C=O) groups is 1. The van der Waals surface area contributed by atoms with Gasteiger partial charge in [0.05, 0.1) is 0 Å². The second-order valence-electron chi connectivity index (χ2n) is 6.28. The van der Waals surface area contributed by atoms with Gasteiger partial charge in [-0.3, -0.25) is 4.79 Å². The lowest BCUT2D eigenvalue weighted by molar-refractivity contribution is -0.121. The molecule has 0 spiro atoms. The standard InChI is InChI=1S/C20H22BrNO3/c1-14(12-15-2-6-17(21)7-3-15)22-20(23)9-5-16-4-8-18-19(13-16)25-11-10-24-18/h2-4,6-8,13-14H,5,9-12H2,1H3,(H,22,23). The fourth-order valence-corrected chi connectivity index (χ4v) is 3.14. The van der Waals surface area contributed by atoms with Gasteiger partial charge in [-0.15, -0.1) is 0 Å². The van der Waals surface area contributed by atoms with Crippen molar-refractivity contribution in [1.29, 1.82) is 0 Å². The SMILES string of the molecule is CC(Cc1ccc(Br)cc1)NC(=O)CCc1ccc2c(c1)OCCO2. The van der Waals surface area contributed by atoms with Gasteiger partial charge in [-0.1, -0.05) is 34.1 Å². The Morgan fingerprint density at radius 3 is 2.52 bits per heavy atom. The van der Waals surface area contributed by atoms with Crippen LogP contribution in [-0.2, 0) is 17.6 Å². The van der Waals surface area contributed by atoms with Crippen molar-refractivity contribution in [2.45, 2.75) is 32.2 Å². The molecule has 2 aromatic carbocycles. The van der Waals surface area contributed by atoms with E-state index in [9.17, 15) is 4.79 Å². The van der Waals surface area contributed by atoms with Crippen molar-refractivity contribution in [1.82, 2.24) is 5.32 Å². The summed E-state index contributed by atoms with van der Waals surface area (Å²) in [5, 5.41) is 3.07. The zero-order valence-corrected chi connectivity index (χ0v) is 15.8. The summed E-state index contributed by atoms with van der Waals surface area (Å²) in [4.78, 5) is 12.2. The van der Waals surface area contributed by atoms with E-state index in [2.05, 4.69) is 33.4 Å². The summed E-state index contributed by atoms with van der Waals surface area (Å²) in [5.41, 5.74) is 2.29. The fourth-order valence-electron chi connectivity index (χ4n) is 2.87. The summed E-state index contributed by atoms with van der Waals surface area (Å²) in [6.45, 7) is 3.19. The van der Waals surface area contributed by atoms with Crippen LogP contribution in [0.2, 0.25) is 0 Å². The molecule has 0 fully saturated rings. The highest BCUT2D eigenvalue weighted by Crippen LogP contribution is 2.31. The smallest absolute Gasteiger partial charge is 0.220 e. The van der Waals surface area contributed by atoms with Gasteiger partial charge < -0.3 is 14.8 Å². The van der Waals surface area contributed by atoms with Gasteiger partial charge in [0.1, 0.15) is 13.2 Å². The van der Waals surface area contributed by atoms with Crippen LogP contribution in [0.1, 0.15) is 24.5 Å². The molecule has 1 N–H and O–H groups in total. The Balaban J connectivity index is 1.46. The Hall–Kier alpha value is -2.01. The second kappa shape index (κ2) is 8.39. The van der Waals surface area contributed by atoms with Crippen LogP contribution >= 0.6 is 15.9 Å². The summed E-state index contributed by atoms with van der Waals surface area (Å²) in [6, 6.07) is 14.2. The summed E-state index contributed by atoms with van der Waals surface area (Å²) in [6.07, 6.45) is 1.97. The molecule has 0 saturated carbocycles. The van der Waals surface area contributed by atoms with E-state index in [1.807, 2.05) is 37.3 Å². The third-order valence-electron chi connectivity index (χ3n) is 4.11. The number of aryl methyl sites for hydroxylation is 1. The van der Waals surface area contributed by atoms with E-state index in [-0.39, 0.29) is 11.9 Å². The van der Waals surface area contributed by atoms with E-state index >= 15 is 0 Å². The number of benzene rings is 2. The Morgan fingerprint density at radius 1 is 1.08 bits per heavy atom. The Kier molecular flexibility index (Phi) is 5.97. The van der Waals surface area contributed by atoms with Gasteiger partial charge >= 0.3 is 0 Å². The first-order valence-electron chi connectivity index (χ1n) is 8.52. The quantitative estimate of drug-likeness (QED) is 0.795. The maximum absolute atomic E-state index is 12.2. The van der Waals surface area contributed by atoms with Gasteiger partial charge in [0.25, 0.3) is 0 Å². The van der Waals surface area contributed by atoms with Crippen molar-refractivity contribution >= 4 is 21.8 Å². The average molecular weight is 404 g/mol. The molecule has 1 heterocycles. The van der Waals surface area contributed by atoms with Crippen molar-refractivity contribution in [3.63, 3.8) is 0 Å². The third kappa shape index (κ3) is 5.23. The largest absolute Gasteiger partial charge is 0.486 e. The summed E-state index contributed by atoms with van der Waals surface area (Å²) in [7, 11) is 0. The minimum absolute atomic E-state index is 0.0690. The Labute approximate surface area is 156 Å². The zero-order chi connectivity index (χ0) is 17.6. The summed E-state index contributed by atoms with van der Waals surface area (Å²) >= 11 is 3.43. The lowest BCUT2D eigenvalue weighted by atomic mass is 10.1. The van der Waals surface area contributed by atoms with E-state index in [1.54, 1.807) is 0 Å². The number of amides is 1. The molecular weight excluding hydrogens is 382 g/mol. The molecule has 132 valence electrons. The van der Waals surface area contributed by atoms with Crippen LogP contribution in [0.5, 0.6) is 11.5 Å². The number of hydrogen-bond acceptors (Lipinski definition) is 3. The second-order valence-corrected chi connectivity index (χ2v) is 7.19. The summed E-state index contributed by atoms with van der Waals surface area (Å²) < 4.78 is 12.2. The van der Waals surface area contributed by atoms with Gasteiger partial charge in [-0.25, -0.2) is 0 Å². The molecule has 25 heavy (non-hydrogen) atoms. The lowest BCUT2D eigenvalue weighted by Crippen LogP contribution is -2.34. The van der Waals surface area contributed by atoms with Crippen LogP contribution in [0, 0.1) is 0 Å². The predicted molar refractivity (Wildman–Crippen MR) is 101 cm³/mol. The highest BCUT2D eigenvalue weighted by molar-refractivity contribution is 9.10. The zero-order valence-electron chi connectivity index (χ0n) is 14.3. The van der Waals surface area contributed by atoms with Gasteiger partial charge in [0.15, 0.2) is 11.5 Å². The van der Waals surface area contributed by atoms with Crippen molar-refractivity contribution in [2.75, 3.05) is 13.2 Å². The first kappa shape index (κ1) is 17.8. The first-order valence-corrected chi connectivity index (χ1v) is 9.32. The molecule has 4 nitrogen and oxygen atoms in total. The van der Waals surface area contributed by atoms with Crippen molar-refractivity contribution in [2.24, 2.45) is 0 Å². The number of nitrogens with one attached hydrogen (secondary N) is 1. The maximum atomic E-state index is 12.2. The number of rotatable bonds is 6. The van der Waals surface area contributed by atoms with E-state index in [0.29, 0.717) is 26.1 Å². The van der Waals surface area contributed by atoms with Crippen LogP contribution < -0.4 is 14.8 Å². The molecule has 0 aliphatic carbocycles. The number of halogens is 1. The van der Waals surface area contributed by atoms with Gasteiger partial charge in [0, 0.05) is 16.9 Å².